The molecule has 152 valence electrons. The fourth-order valence-electron chi connectivity index (χ4n) is 2.24. The van der Waals surface area contributed by atoms with Crippen molar-refractivity contribution in [2.75, 3.05) is 25.6 Å². The van der Waals surface area contributed by atoms with Crippen molar-refractivity contribution in [1.82, 2.24) is 5.32 Å². The van der Waals surface area contributed by atoms with Gasteiger partial charge < -0.3 is 20.1 Å². The first-order valence-electron chi connectivity index (χ1n) is 8.48. The van der Waals surface area contributed by atoms with Gasteiger partial charge in [-0.05, 0) is 48.9 Å². The molecule has 0 heterocycles. The molecule has 0 saturated carbocycles. The number of ether oxygens (including phenoxy) is 2. The second kappa shape index (κ2) is 9.98. The first-order valence-corrected chi connectivity index (χ1v) is 8.48. The fourth-order valence-corrected chi connectivity index (χ4v) is 2.24. The van der Waals surface area contributed by atoms with Gasteiger partial charge in [0.25, 0.3) is 11.8 Å². The Labute approximate surface area is 166 Å². The first kappa shape index (κ1) is 21.5. The Hall–Kier alpha value is -3.75. The van der Waals surface area contributed by atoms with E-state index in [1.807, 2.05) is 0 Å². The van der Waals surface area contributed by atoms with E-state index in [1.54, 1.807) is 19.1 Å². The van der Waals surface area contributed by atoms with Crippen LogP contribution in [0, 0.1) is 12.7 Å². The zero-order chi connectivity index (χ0) is 21.4. The highest BCUT2D eigenvalue weighted by Crippen LogP contribution is 2.17. The summed E-state index contributed by atoms with van der Waals surface area (Å²) in [4.78, 5) is 47.1. The van der Waals surface area contributed by atoms with Gasteiger partial charge in [0.2, 0.25) is 0 Å². The molecule has 2 aromatic carbocycles. The van der Waals surface area contributed by atoms with Gasteiger partial charge in [-0.25, -0.2) is 9.18 Å². The van der Waals surface area contributed by atoms with Crippen LogP contribution in [0.3, 0.4) is 0 Å². The van der Waals surface area contributed by atoms with Gasteiger partial charge in [-0.15, -0.1) is 0 Å². The average molecular weight is 402 g/mol. The second-order valence-corrected chi connectivity index (χ2v) is 5.92. The quantitative estimate of drug-likeness (QED) is 0.684. The van der Waals surface area contributed by atoms with Crippen LogP contribution in [0.25, 0.3) is 0 Å². The Bertz CT molecular complexity index is 927. The maximum Gasteiger partial charge on any atom is 0.337 e. The van der Waals surface area contributed by atoms with E-state index in [1.165, 1.54) is 25.3 Å². The molecule has 0 aliphatic rings. The highest BCUT2D eigenvalue weighted by molar-refractivity contribution is 5.97. The van der Waals surface area contributed by atoms with Gasteiger partial charge >= 0.3 is 11.9 Å². The van der Waals surface area contributed by atoms with E-state index in [0.717, 1.165) is 12.1 Å². The zero-order valence-electron chi connectivity index (χ0n) is 15.8. The summed E-state index contributed by atoms with van der Waals surface area (Å²) in [6, 6.07) is 9.43. The molecule has 0 bridgehead atoms. The molecule has 0 aromatic heterocycles. The lowest BCUT2D eigenvalue weighted by Gasteiger charge is -2.11. The summed E-state index contributed by atoms with van der Waals surface area (Å²) in [5.41, 5.74) is 1.51. The lowest BCUT2D eigenvalue weighted by molar-refractivity contribution is -0.146. The number of esters is 2. The van der Waals surface area contributed by atoms with Gasteiger partial charge in [-0.1, -0.05) is 6.07 Å². The van der Waals surface area contributed by atoms with Crippen molar-refractivity contribution in [3.05, 3.63) is 65.0 Å². The summed E-state index contributed by atoms with van der Waals surface area (Å²) in [6.45, 7) is 0.696. The molecule has 0 spiro atoms. The van der Waals surface area contributed by atoms with Gasteiger partial charge in [-0.2, -0.15) is 0 Å². The normalized spacial score (nSPS) is 10.0. The standard InChI is InChI=1S/C20H19FN2O6/c1-12-3-4-14(20(27)28-2)9-16(12)23-17(24)11-29-18(25)10-22-19(26)13-5-7-15(21)8-6-13/h3-9H,10-11H2,1-2H3,(H,22,26)(H,23,24). The number of hydrogen-bond acceptors (Lipinski definition) is 6. The fraction of sp³-hybridized carbons (Fsp3) is 0.200. The predicted octanol–water partition coefficient (Wildman–Crippen LogP) is 1.83. The summed E-state index contributed by atoms with van der Waals surface area (Å²) < 4.78 is 22.3. The molecule has 2 rings (SSSR count). The third-order valence-corrected chi connectivity index (χ3v) is 3.80. The van der Waals surface area contributed by atoms with Crippen molar-refractivity contribution >= 4 is 29.4 Å². The molecule has 2 amide bonds. The van der Waals surface area contributed by atoms with Crippen LogP contribution in [-0.4, -0.2) is 44.0 Å². The number of halogens is 1. The highest BCUT2D eigenvalue weighted by atomic mass is 19.1. The largest absolute Gasteiger partial charge is 0.465 e. The van der Waals surface area contributed by atoms with Crippen LogP contribution in [0.2, 0.25) is 0 Å². The van der Waals surface area contributed by atoms with Crippen molar-refractivity contribution in [1.29, 1.82) is 0 Å². The molecule has 2 aromatic rings. The lowest BCUT2D eigenvalue weighted by Crippen LogP contribution is -2.32. The number of carbonyl (C=O) groups excluding carboxylic acids is 4. The van der Waals surface area contributed by atoms with Crippen molar-refractivity contribution in [2.45, 2.75) is 6.92 Å². The van der Waals surface area contributed by atoms with E-state index in [0.29, 0.717) is 11.3 Å². The van der Waals surface area contributed by atoms with Crippen molar-refractivity contribution in [2.24, 2.45) is 0 Å². The molecule has 0 fully saturated rings. The number of aryl methyl sites for hydroxylation is 1. The molecule has 9 heteroatoms. The molecule has 0 aliphatic heterocycles. The smallest absolute Gasteiger partial charge is 0.337 e. The van der Waals surface area contributed by atoms with Crippen LogP contribution in [0.5, 0.6) is 0 Å². The number of benzene rings is 2. The van der Waals surface area contributed by atoms with E-state index in [9.17, 15) is 23.6 Å². The van der Waals surface area contributed by atoms with Crippen molar-refractivity contribution in [3.63, 3.8) is 0 Å². The minimum absolute atomic E-state index is 0.179. The molecule has 0 atom stereocenters. The van der Waals surface area contributed by atoms with Gasteiger partial charge in [0, 0.05) is 11.3 Å². The monoisotopic (exact) mass is 402 g/mol. The second-order valence-electron chi connectivity index (χ2n) is 5.92. The summed E-state index contributed by atoms with van der Waals surface area (Å²) >= 11 is 0. The number of nitrogens with one attached hydrogen (secondary N) is 2. The van der Waals surface area contributed by atoms with Gasteiger partial charge in [0.15, 0.2) is 6.61 Å². The molecule has 29 heavy (non-hydrogen) atoms. The number of methoxy groups -OCH3 is 1. The third kappa shape index (κ3) is 6.42. The number of amides is 2. The Morgan fingerprint density at radius 3 is 2.31 bits per heavy atom. The Kier molecular flexibility index (Phi) is 7.41. The van der Waals surface area contributed by atoms with Crippen LogP contribution >= 0.6 is 0 Å². The van der Waals surface area contributed by atoms with Crippen molar-refractivity contribution < 1.29 is 33.0 Å². The van der Waals surface area contributed by atoms with E-state index >= 15 is 0 Å². The number of hydrogen-bond donors (Lipinski definition) is 2. The first-order chi connectivity index (χ1) is 13.8. The van der Waals surface area contributed by atoms with Crippen LogP contribution in [0.15, 0.2) is 42.5 Å². The molecule has 0 unspecified atom stereocenters. The Morgan fingerprint density at radius 1 is 1.00 bits per heavy atom. The number of rotatable bonds is 7. The molecule has 2 N–H and O–H groups in total. The zero-order valence-corrected chi connectivity index (χ0v) is 15.8. The molecule has 0 saturated heterocycles. The van der Waals surface area contributed by atoms with Gasteiger partial charge in [0.1, 0.15) is 12.4 Å². The van der Waals surface area contributed by atoms with Gasteiger partial charge in [-0.3, -0.25) is 14.4 Å². The molecular weight excluding hydrogens is 383 g/mol. The maximum absolute atomic E-state index is 12.8. The minimum atomic E-state index is -0.823. The SMILES string of the molecule is COC(=O)c1ccc(C)c(NC(=O)COC(=O)CNC(=O)c2ccc(F)cc2)c1. The maximum atomic E-state index is 12.8. The van der Waals surface area contributed by atoms with E-state index < -0.39 is 42.7 Å². The van der Waals surface area contributed by atoms with Crippen molar-refractivity contribution in [3.8, 4) is 0 Å². The molecule has 0 aliphatic carbocycles. The Morgan fingerprint density at radius 2 is 1.66 bits per heavy atom. The van der Waals surface area contributed by atoms with Crippen LogP contribution in [-0.2, 0) is 19.1 Å². The number of anilines is 1. The summed E-state index contributed by atoms with van der Waals surface area (Å²) in [6.07, 6.45) is 0. The summed E-state index contributed by atoms with van der Waals surface area (Å²) in [5, 5.41) is 4.84. The van der Waals surface area contributed by atoms with E-state index in [4.69, 9.17) is 4.74 Å². The van der Waals surface area contributed by atoms with Crippen LogP contribution in [0.1, 0.15) is 26.3 Å². The topological polar surface area (TPSA) is 111 Å². The third-order valence-electron chi connectivity index (χ3n) is 3.80. The highest BCUT2D eigenvalue weighted by Gasteiger charge is 2.13. The van der Waals surface area contributed by atoms with Gasteiger partial charge in [0.05, 0.1) is 12.7 Å². The summed E-state index contributed by atoms with van der Waals surface area (Å²) in [5.74, 6) is -3.06. The average Bonchev–Trinajstić information content (AvgIpc) is 2.72. The van der Waals surface area contributed by atoms with Crippen LogP contribution < -0.4 is 10.6 Å². The number of carbonyl (C=O) groups is 4. The summed E-state index contributed by atoms with van der Waals surface area (Å²) in [7, 11) is 1.24. The van der Waals surface area contributed by atoms with E-state index in [2.05, 4.69) is 15.4 Å². The molecule has 0 radical (unpaired) electrons. The van der Waals surface area contributed by atoms with E-state index in [-0.39, 0.29) is 11.1 Å². The predicted molar refractivity (Wildman–Crippen MR) is 101 cm³/mol. The molecule has 8 nitrogen and oxygen atoms in total. The Balaban J connectivity index is 1.81. The van der Waals surface area contributed by atoms with Crippen LogP contribution in [0.4, 0.5) is 10.1 Å². The molecular formula is C20H19FN2O6. The lowest BCUT2D eigenvalue weighted by atomic mass is 10.1. The minimum Gasteiger partial charge on any atom is -0.465 e.